The molecule has 0 heterocycles. The zero-order chi connectivity index (χ0) is 15.7. The summed E-state index contributed by atoms with van der Waals surface area (Å²) < 4.78 is 11.0. The van der Waals surface area contributed by atoms with Crippen LogP contribution in [-0.2, 0) is 0 Å². The number of hydrogen-bond acceptors (Lipinski definition) is 3. The van der Waals surface area contributed by atoms with Crippen LogP contribution >= 0.6 is 0 Å². The monoisotopic (exact) mass is 289 g/mol. The highest BCUT2D eigenvalue weighted by atomic mass is 16.5. The standard InChI is InChI=1S/C17H23NO3/c1-5-11-18(12-6-2)17(19)14-9-10-15(20-7-3)16(13-14)21-8-4/h5-6,9-10,13H,1-2,7-8,11-12H2,3-4H3. The predicted octanol–water partition coefficient (Wildman–Crippen LogP) is 3.30. The molecule has 0 saturated carbocycles. The topological polar surface area (TPSA) is 38.8 Å². The maximum Gasteiger partial charge on any atom is 0.254 e. The van der Waals surface area contributed by atoms with Crippen molar-refractivity contribution < 1.29 is 14.3 Å². The largest absolute Gasteiger partial charge is 0.490 e. The summed E-state index contributed by atoms with van der Waals surface area (Å²) in [5.41, 5.74) is 0.561. The van der Waals surface area contributed by atoms with Gasteiger partial charge >= 0.3 is 0 Å². The van der Waals surface area contributed by atoms with Crippen LogP contribution in [0.25, 0.3) is 0 Å². The summed E-state index contributed by atoms with van der Waals surface area (Å²) in [7, 11) is 0. The van der Waals surface area contributed by atoms with Gasteiger partial charge < -0.3 is 14.4 Å². The summed E-state index contributed by atoms with van der Waals surface area (Å²) in [6.45, 7) is 13.2. The van der Waals surface area contributed by atoms with Crippen LogP contribution in [0.4, 0.5) is 0 Å². The van der Waals surface area contributed by atoms with Gasteiger partial charge in [-0.2, -0.15) is 0 Å². The average Bonchev–Trinajstić information content (AvgIpc) is 2.48. The first-order valence-electron chi connectivity index (χ1n) is 7.08. The van der Waals surface area contributed by atoms with Crippen molar-refractivity contribution in [1.82, 2.24) is 4.90 Å². The number of nitrogens with zero attached hydrogens (tertiary/aromatic N) is 1. The second kappa shape index (κ2) is 8.84. The summed E-state index contributed by atoms with van der Waals surface area (Å²) in [5.74, 6) is 1.15. The van der Waals surface area contributed by atoms with Crippen LogP contribution in [0.1, 0.15) is 24.2 Å². The summed E-state index contributed by atoms with van der Waals surface area (Å²) >= 11 is 0. The first kappa shape index (κ1) is 16.8. The van der Waals surface area contributed by atoms with Gasteiger partial charge in [-0.3, -0.25) is 4.79 Å². The smallest absolute Gasteiger partial charge is 0.254 e. The number of carbonyl (C=O) groups excluding carboxylic acids is 1. The molecule has 0 bridgehead atoms. The van der Waals surface area contributed by atoms with Crippen LogP contribution in [0, 0.1) is 0 Å². The van der Waals surface area contributed by atoms with Crippen molar-refractivity contribution in [3.05, 3.63) is 49.1 Å². The van der Waals surface area contributed by atoms with Crippen molar-refractivity contribution in [2.24, 2.45) is 0 Å². The minimum Gasteiger partial charge on any atom is -0.490 e. The van der Waals surface area contributed by atoms with E-state index < -0.39 is 0 Å². The van der Waals surface area contributed by atoms with E-state index in [1.165, 1.54) is 0 Å². The molecule has 0 fully saturated rings. The summed E-state index contributed by atoms with van der Waals surface area (Å²) in [4.78, 5) is 14.1. The Morgan fingerprint density at radius 3 is 2.19 bits per heavy atom. The normalized spacial score (nSPS) is 9.81. The van der Waals surface area contributed by atoms with E-state index in [0.29, 0.717) is 43.4 Å². The van der Waals surface area contributed by atoms with Crippen molar-refractivity contribution in [2.45, 2.75) is 13.8 Å². The number of rotatable bonds is 9. The van der Waals surface area contributed by atoms with E-state index in [1.54, 1.807) is 35.3 Å². The van der Waals surface area contributed by atoms with Crippen molar-refractivity contribution >= 4 is 5.91 Å². The molecule has 0 aliphatic carbocycles. The Kier molecular flexibility index (Phi) is 7.09. The molecule has 0 aliphatic heterocycles. The van der Waals surface area contributed by atoms with Crippen molar-refractivity contribution in [3.63, 3.8) is 0 Å². The SMILES string of the molecule is C=CCN(CC=C)C(=O)c1ccc(OCC)c(OCC)c1. The molecule has 0 unspecified atom stereocenters. The molecule has 0 aromatic heterocycles. The second-order valence-corrected chi connectivity index (χ2v) is 4.32. The van der Waals surface area contributed by atoms with E-state index in [9.17, 15) is 4.79 Å². The maximum absolute atomic E-state index is 12.5. The van der Waals surface area contributed by atoms with Gasteiger partial charge in [0.2, 0.25) is 0 Å². The fraction of sp³-hybridized carbons (Fsp3) is 0.353. The molecule has 1 aromatic rings. The molecule has 1 amide bonds. The van der Waals surface area contributed by atoms with Gasteiger partial charge in [-0.1, -0.05) is 12.2 Å². The van der Waals surface area contributed by atoms with Gasteiger partial charge in [0.15, 0.2) is 11.5 Å². The van der Waals surface area contributed by atoms with E-state index in [1.807, 2.05) is 13.8 Å². The van der Waals surface area contributed by atoms with Gasteiger partial charge in [0.25, 0.3) is 5.91 Å². The number of carbonyl (C=O) groups is 1. The van der Waals surface area contributed by atoms with E-state index >= 15 is 0 Å². The molecule has 0 saturated heterocycles. The maximum atomic E-state index is 12.5. The molecule has 4 nitrogen and oxygen atoms in total. The van der Waals surface area contributed by atoms with Gasteiger partial charge in [0.1, 0.15) is 0 Å². The molecule has 0 N–H and O–H groups in total. The first-order valence-corrected chi connectivity index (χ1v) is 7.08. The molecule has 1 aromatic carbocycles. The molecule has 1 rings (SSSR count). The fourth-order valence-corrected chi connectivity index (χ4v) is 1.92. The lowest BCUT2D eigenvalue weighted by Gasteiger charge is -2.20. The molecule has 21 heavy (non-hydrogen) atoms. The minimum absolute atomic E-state index is 0.0844. The van der Waals surface area contributed by atoms with Crippen LogP contribution in [0.15, 0.2) is 43.5 Å². The Balaban J connectivity index is 3.05. The Bertz CT molecular complexity index is 487. The Labute approximate surface area is 126 Å². The third kappa shape index (κ3) is 4.67. The lowest BCUT2D eigenvalue weighted by atomic mass is 10.1. The number of hydrogen-bond donors (Lipinski definition) is 0. The molecule has 4 heteroatoms. The van der Waals surface area contributed by atoms with Gasteiger partial charge in [0.05, 0.1) is 13.2 Å². The predicted molar refractivity (Wildman–Crippen MR) is 85.1 cm³/mol. The zero-order valence-electron chi connectivity index (χ0n) is 12.8. The summed E-state index contributed by atoms with van der Waals surface area (Å²) in [5, 5.41) is 0. The molecule has 114 valence electrons. The van der Waals surface area contributed by atoms with Gasteiger partial charge in [0, 0.05) is 18.7 Å². The van der Waals surface area contributed by atoms with Gasteiger partial charge in [-0.15, -0.1) is 13.2 Å². The summed E-state index contributed by atoms with van der Waals surface area (Å²) in [6, 6.07) is 5.23. The third-order valence-corrected chi connectivity index (χ3v) is 2.78. The highest BCUT2D eigenvalue weighted by Crippen LogP contribution is 2.29. The zero-order valence-corrected chi connectivity index (χ0v) is 12.8. The van der Waals surface area contributed by atoms with E-state index in [2.05, 4.69) is 13.2 Å². The molecular weight excluding hydrogens is 266 g/mol. The highest BCUT2D eigenvalue weighted by Gasteiger charge is 2.16. The van der Waals surface area contributed by atoms with Crippen molar-refractivity contribution in [1.29, 1.82) is 0 Å². The molecule has 0 radical (unpaired) electrons. The van der Waals surface area contributed by atoms with E-state index in [0.717, 1.165) is 0 Å². The fourth-order valence-electron chi connectivity index (χ4n) is 1.92. The van der Waals surface area contributed by atoms with Crippen LogP contribution in [-0.4, -0.2) is 37.1 Å². The number of ether oxygens (including phenoxy) is 2. The minimum atomic E-state index is -0.0844. The Morgan fingerprint density at radius 1 is 1.10 bits per heavy atom. The molecular formula is C17H23NO3. The highest BCUT2D eigenvalue weighted by molar-refractivity contribution is 5.95. The van der Waals surface area contributed by atoms with Crippen LogP contribution in [0.3, 0.4) is 0 Å². The van der Waals surface area contributed by atoms with Crippen LogP contribution < -0.4 is 9.47 Å². The second-order valence-electron chi connectivity index (χ2n) is 4.32. The van der Waals surface area contributed by atoms with Crippen LogP contribution in [0.2, 0.25) is 0 Å². The summed E-state index contributed by atoms with van der Waals surface area (Å²) in [6.07, 6.45) is 3.39. The lowest BCUT2D eigenvalue weighted by molar-refractivity contribution is 0.0790. The molecule has 0 aliphatic rings. The van der Waals surface area contributed by atoms with E-state index in [4.69, 9.17) is 9.47 Å². The first-order chi connectivity index (χ1) is 10.2. The van der Waals surface area contributed by atoms with Gasteiger partial charge in [-0.05, 0) is 32.0 Å². The lowest BCUT2D eigenvalue weighted by Crippen LogP contribution is -2.31. The quantitative estimate of drug-likeness (QED) is 0.655. The molecule has 0 atom stereocenters. The van der Waals surface area contributed by atoms with Gasteiger partial charge in [-0.25, -0.2) is 0 Å². The average molecular weight is 289 g/mol. The Hall–Kier alpha value is -2.23. The third-order valence-electron chi connectivity index (χ3n) is 2.78. The van der Waals surface area contributed by atoms with Crippen molar-refractivity contribution in [3.8, 4) is 11.5 Å². The Morgan fingerprint density at radius 2 is 1.67 bits per heavy atom. The van der Waals surface area contributed by atoms with E-state index in [-0.39, 0.29) is 5.91 Å². The number of amides is 1. The van der Waals surface area contributed by atoms with Crippen LogP contribution in [0.5, 0.6) is 11.5 Å². The molecule has 0 spiro atoms. The van der Waals surface area contributed by atoms with Crippen molar-refractivity contribution in [2.75, 3.05) is 26.3 Å². The number of benzene rings is 1.